The number of nitrogens with zero attached hydrogens (tertiary/aromatic N) is 2. The molecule has 0 fully saturated rings. The fourth-order valence-electron chi connectivity index (χ4n) is 4.83. The number of fused-ring (bicyclic) bond motifs is 3. The minimum Gasteiger partial charge on any atom is -0.376 e. The summed E-state index contributed by atoms with van der Waals surface area (Å²) in [6, 6.07) is 11.4. The Bertz CT molecular complexity index is 1180. The van der Waals surface area contributed by atoms with E-state index < -0.39 is 5.82 Å². The van der Waals surface area contributed by atoms with Gasteiger partial charge in [0.1, 0.15) is 0 Å². The van der Waals surface area contributed by atoms with E-state index in [4.69, 9.17) is 11.6 Å². The standard InChI is InChI=1S/C25H27ClFN5O/c1-15-25-19-7-6-18(17-8-11-31(12-9-17)16(2)33)14-20(19)22(10-13-32(25)30-29-15)28-23-5-3-4-21(26)24(23)27/h3-8,14,22,28-30H,9-13H2,1-2H3. The van der Waals surface area contributed by atoms with Crippen LogP contribution in [0, 0.1) is 5.82 Å². The van der Waals surface area contributed by atoms with Gasteiger partial charge in [0.05, 0.1) is 28.1 Å². The Balaban J connectivity index is 1.55. The number of anilines is 1. The molecule has 0 saturated heterocycles. The van der Waals surface area contributed by atoms with E-state index in [1.165, 1.54) is 5.57 Å². The van der Waals surface area contributed by atoms with E-state index in [0.29, 0.717) is 12.2 Å². The van der Waals surface area contributed by atoms with Gasteiger partial charge in [-0.2, -0.15) is 0 Å². The number of hydrogen-bond acceptors (Lipinski definition) is 5. The summed E-state index contributed by atoms with van der Waals surface area (Å²) in [5.41, 5.74) is 13.6. The molecule has 0 aromatic heterocycles. The summed E-state index contributed by atoms with van der Waals surface area (Å²) in [5.74, 6) is -0.333. The van der Waals surface area contributed by atoms with Gasteiger partial charge < -0.3 is 15.6 Å². The molecule has 5 rings (SSSR count). The summed E-state index contributed by atoms with van der Waals surface area (Å²) in [4.78, 5) is 13.6. The van der Waals surface area contributed by atoms with Crippen molar-refractivity contribution >= 4 is 34.5 Å². The predicted octanol–water partition coefficient (Wildman–Crippen LogP) is 4.68. The lowest BCUT2D eigenvalue weighted by Gasteiger charge is -2.26. The summed E-state index contributed by atoms with van der Waals surface area (Å²) in [6.07, 6.45) is 3.72. The van der Waals surface area contributed by atoms with E-state index in [1.807, 2.05) is 11.8 Å². The average molecular weight is 468 g/mol. The monoisotopic (exact) mass is 467 g/mol. The van der Waals surface area contributed by atoms with E-state index in [2.05, 4.69) is 45.6 Å². The second kappa shape index (κ2) is 8.72. The van der Waals surface area contributed by atoms with E-state index in [1.54, 1.807) is 25.1 Å². The van der Waals surface area contributed by atoms with Crippen LogP contribution >= 0.6 is 11.6 Å². The minimum absolute atomic E-state index is 0.0986. The fraction of sp³-hybridized carbons (Fsp3) is 0.320. The number of carbonyl (C=O) groups excluding carboxylic acids is 1. The molecule has 0 spiro atoms. The van der Waals surface area contributed by atoms with Crippen LogP contribution in [-0.2, 0) is 4.79 Å². The van der Waals surface area contributed by atoms with Crippen LogP contribution < -0.4 is 16.3 Å². The van der Waals surface area contributed by atoms with Gasteiger partial charge in [-0.05, 0) is 54.7 Å². The molecule has 0 saturated carbocycles. The molecule has 0 aliphatic carbocycles. The van der Waals surface area contributed by atoms with Gasteiger partial charge in [-0.15, -0.1) is 5.53 Å². The topological polar surface area (TPSA) is 59.6 Å². The third-order valence-corrected chi connectivity index (χ3v) is 6.93. The second-order valence-electron chi connectivity index (χ2n) is 8.70. The molecule has 3 N–H and O–H groups in total. The highest BCUT2D eigenvalue weighted by Crippen LogP contribution is 2.39. The normalized spacial score (nSPS) is 20.0. The van der Waals surface area contributed by atoms with Crippen molar-refractivity contribution in [3.63, 3.8) is 0 Å². The van der Waals surface area contributed by atoms with Crippen molar-refractivity contribution in [3.05, 3.63) is 75.7 Å². The second-order valence-corrected chi connectivity index (χ2v) is 9.10. The largest absolute Gasteiger partial charge is 0.376 e. The molecule has 1 atom stereocenters. The quantitative estimate of drug-likeness (QED) is 0.611. The van der Waals surface area contributed by atoms with E-state index in [9.17, 15) is 9.18 Å². The van der Waals surface area contributed by atoms with Crippen LogP contribution in [0.25, 0.3) is 11.3 Å². The fourth-order valence-corrected chi connectivity index (χ4v) is 5.01. The van der Waals surface area contributed by atoms with Crippen LogP contribution in [0.15, 0.2) is 48.2 Å². The van der Waals surface area contributed by atoms with Crippen LogP contribution in [0.5, 0.6) is 0 Å². The minimum atomic E-state index is -0.434. The van der Waals surface area contributed by atoms with Gasteiger partial charge in [-0.25, -0.2) is 4.39 Å². The Morgan fingerprint density at radius 1 is 1.24 bits per heavy atom. The molecule has 33 heavy (non-hydrogen) atoms. The molecule has 2 aromatic carbocycles. The summed E-state index contributed by atoms with van der Waals surface area (Å²) in [7, 11) is 0. The number of hydrogen-bond donors (Lipinski definition) is 3. The summed E-state index contributed by atoms with van der Waals surface area (Å²) < 4.78 is 14.7. The van der Waals surface area contributed by atoms with Gasteiger partial charge in [0.25, 0.3) is 0 Å². The number of carbonyl (C=O) groups is 1. The van der Waals surface area contributed by atoms with Crippen molar-refractivity contribution in [2.24, 2.45) is 0 Å². The van der Waals surface area contributed by atoms with Crippen molar-refractivity contribution in [1.82, 2.24) is 20.9 Å². The molecule has 0 radical (unpaired) electrons. The Labute approximate surface area is 198 Å². The van der Waals surface area contributed by atoms with Crippen LogP contribution in [-0.4, -0.2) is 35.5 Å². The van der Waals surface area contributed by atoms with Crippen LogP contribution in [0.4, 0.5) is 10.1 Å². The lowest BCUT2D eigenvalue weighted by Crippen LogP contribution is -2.38. The van der Waals surface area contributed by atoms with Crippen LogP contribution in [0.3, 0.4) is 0 Å². The van der Waals surface area contributed by atoms with Crippen molar-refractivity contribution in [1.29, 1.82) is 0 Å². The van der Waals surface area contributed by atoms with Crippen molar-refractivity contribution < 1.29 is 9.18 Å². The molecule has 1 amide bonds. The smallest absolute Gasteiger partial charge is 0.219 e. The Morgan fingerprint density at radius 2 is 2.09 bits per heavy atom. The van der Waals surface area contributed by atoms with Crippen molar-refractivity contribution in [3.8, 4) is 0 Å². The molecule has 3 aliphatic heterocycles. The maximum Gasteiger partial charge on any atom is 0.219 e. The number of hydrazine groups is 2. The van der Waals surface area contributed by atoms with Crippen LogP contribution in [0.2, 0.25) is 5.02 Å². The molecule has 172 valence electrons. The maximum absolute atomic E-state index is 14.7. The first-order valence-electron chi connectivity index (χ1n) is 11.2. The average Bonchev–Trinajstić information content (AvgIpc) is 3.11. The molecule has 3 heterocycles. The van der Waals surface area contributed by atoms with Crippen molar-refractivity contribution in [2.45, 2.75) is 32.7 Å². The Hall–Kier alpha value is -3.03. The van der Waals surface area contributed by atoms with E-state index in [0.717, 1.165) is 54.0 Å². The highest BCUT2D eigenvalue weighted by Gasteiger charge is 2.31. The number of rotatable bonds is 3. The highest BCUT2D eigenvalue weighted by molar-refractivity contribution is 6.31. The molecular weight excluding hydrogens is 441 g/mol. The number of nitrogens with one attached hydrogen (secondary N) is 3. The molecule has 2 aromatic rings. The molecule has 3 aliphatic rings. The zero-order valence-electron chi connectivity index (χ0n) is 18.7. The van der Waals surface area contributed by atoms with Crippen LogP contribution in [0.1, 0.15) is 49.4 Å². The molecule has 6 nitrogen and oxygen atoms in total. The lowest BCUT2D eigenvalue weighted by molar-refractivity contribution is -0.128. The molecule has 0 bridgehead atoms. The first-order chi connectivity index (χ1) is 15.9. The molecule has 1 unspecified atom stereocenters. The Kier molecular flexibility index (Phi) is 5.76. The summed E-state index contributed by atoms with van der Waals surface area (Å²) in [6.45, 7) is 5.75. The van der Waals surface area contributed by atoms with Gasteiger partial charge in [0.15, 0.2) is 5.82 Å². The van der Waals surface area contributed by atoms with Gasteiger partial charge in [0.2, 0.25) is 5.91 Å². The number of halogens is 2. The predicted molar refractivity (Wildman–Crippen MR) is 129 cm³/mol. The third kappa shape index (κ3) is 4.07. The zero-order chi connectivity index (χ0) is 23.1. The SMILES string of the molecule is CC(=O)N1CC=C(c2ccc3c(c2)C(Nc2cccc(Cl)c2F)CCN2NNC(C)=C32)CC1. The van der Waals surface area contributed by atoms with E-state index >= 15 is 0 Å². The molecular formula is C25H27ClFN5O. The summed E-state index contributed by atoms with van der Waals surface area (Å²) in [5, 5.41) is 5.63. The highest BCUT2D eigenvalue weighted by atomic mass is 35.5. The van der Waals surface area contributed by atoms with Gasteiger partial charge in [-0.3, -0.25) is 9.80 Å². The number of benzene rings is 2. The third-order valence-electron chi connectivity index (χ3n) is 6.63. The van der Waals surface area contributed by atoms with E-state index in [-0.39, 0.29) is 17.0 Å². The lowest BCUT2D eigenvalue weighted by atomic mass is 9.90. The van der Waals surface area contributed by atoms with Gasteiger partial charge in [0, 0.05) is 32.1 Å². The number of amides is 1. The molecule has 8 heteroatoms. The maximum atomic E-state index is 14.7. The van der Waals surface area contributed by atoms with Gasteiger partial charge >= 0.3 is 0 Å². The van der Waals surface area contributed by atoms with Crippen molar-refractivity contribution in [2.75, 3.05) is 25.0 Å². The first kappa shape index (κ1) is 21.8. The van der Waals surface area contributed by atoms with Gasteiger partial charge in [-0.1, -0.05) is 35.9 Å². The zero-order valence-corrected chi connectivity index (χ0v) is 19.5. The number of allylic oxidation sites excluding steroid dienone is 1. The first-order valence-corrected chi connectivity index (χ1v) is 11.6. The Morgan fingerprint density at radius 3 is 2.85 bits per heavy atom. The summed E-state index contributed by atoms with van der Waals surface area (Å²) >= 11 is 6.04.